The Morgan fingerprint density at radius 3 is 2.55 bits per heavy atom. The summed E-state index contributed by atoms with van der Waals surface area (Å²) in [6, 6.07) is 27.2. The second-order valence-corrected chi connectivity index (χ2v) is 8.24. The number of hydrogen-bond acceptors (Lipinski definition) is 5. The van der Waals surface area contributed by atoms with Gasteiger partial charge >= 0.3 is 0 Å². The molecule has 0 unspecified atom stereocenters. The van der Waals surface area contributed by atoms with Gasteiger partial charge in [0.2, 0.25) is 0 Å². The summed E-state index contributed by atoms with van der Waals surface area (Å²) in [5.74, 6) is 1.21. The second kappa shape index (κ2) is 8.16. The molecule has 0 atom stereocenters. The van der Waals surface area contributed by atoms with Crippen molar-refractivity contribution in [3.05, 3.63) is 97.0 Å². The Hall–Kier alpha value is -3.77. The molecule has 3 N–H and O–H groups in total. The van der Waals surface area contributed by atoms with Gasteiger partial charge < -0.3 is 15.0 Å². The number of nitrogens with one attached hydrogen (secondary N) is 1. The van der Waals surface area contributed by atoms with E-state index < -0.39 is 0 Å². The quantitative estimate of drug-likeness (QED) is 0.334. The third-order valence-corrected chi connectivity index (χ3v) is 5.96. The highest BCUT2D eigenvalue weighted by Crippen LogP contribution is 2.30. The van der Waals surface area contributed by atoms with Gasteiger partial charge in [0, 0.05) is 28.2 Å². The van der Waals surface area contributed by atoms with E-state index in [0.717, 1.165) is 33.5 Å². The molecule has 2 heterocycles. The lowest BCUT2D eigenvalue weighted by molar-refractivity contribution is 1.01. The molecule has 0 fully saturated rings. The lowest BCUT2D eigenvalue weighted by atomic mass is 10.0. The number of nitrogens with two attached hydrogens (primary N) is 1. The SMILES string of the molecule is Cc1ccc(SNc2cccc(-c3ccc4ccn(-c5cc(N)ncn5)c4c3)c2)cc1. The molecule has 152 valence electrons. The number of fused-ring (bicyclic) bond motifs is 1. The van der Waals surface area contributed by atoms with E-state index in [-0.39, 0.29) is 0 Å². The zero-order valence-electron chi connectivity index (χ0n) is 17.0. The van der Waals surface area contributed by atoms with Crippen LogP contribution >= 0.6 is 11.9 Å². The van der Waals surface area contributed by atoms with Crippen molar-refractivity contribution in [1.82, 2.24) is 14.5 Å². The van der Waals surface area contributed by atoms with Crippen LogP contribution in [0.3, 0.4) is 0 Å². The van der Waals surface area contributed by atoms with Crippen LogP contribution in [0.1, 0.15) is 5.56 Å². The number of nitrogen functional groups attached to an aromatic ring is 1. The molecule has 5 rings (SSSR count). The van der Waals surface area contributed by atoms with Crippen LogP contribution in [0.25, 0.3) is 27.8 Å². The molecular formula is C25H21N5S. The zero-order valence-corrected chi connectivity index (χ0v) is 17.8. The third kappa shape index (κ3) is 4.11. The molecule has 0 aliphatic heterocycles. The monoisotopic (exact) mass is 423 g/mol. The fourth-order valence-electron chi connectivity index (χ4n) is 3.49. The molecule has 0 aliphatic rings. The molecular weight excluding hydrogens is 402 g/mol. The van der Waals surface area contributed by atoms with Crippen molar-refractivity contribution in [2.45, 2.75) is 11.8 Å². The van der Waals surface area contributed by atoms with Crippen molar-refractivity contribution in [3.8, 4) is 16.9 Å². The Morgan fingerprint density at radius 2 is 1.71 bits per heavy atom. The van der Waals surface area contributed by atoms with E-state index in [4.69, 9.17) is 5.73 Å². The van der Waals surface area contributed by atoms with Gasteiger partial charge in [0.25, 0.3) is 0 Å². The predicted molar refractivity (Wildman–Crippen MR) is 129 cm³/mol. The van der Waals surface area contributed by atoms with Crippen LogP contribution in [0.15, 0.2) is 96.3 Å². The minimum atomic E-state index is 0.452. The maximum atomic E-state index is 5.85. The molecule has 0 saturated carbocycles. The van der Waals surface area contributed by atoms with E-state index in [2.05, 4.69) is 94.4 Å². The van der Waals surface area contributed by atoms with Gasteiger partial charge in [-0.3, -0.25) is 0 Å². The summed E-state index contributed by atoms with van der Waals surface area (Å²) in [6.45, 7) is 2.10. The van der Waals surface area contributed by atoms with Gasteiger partial charge in [-0.2, -0.15) is 0 Å². The number of rotatable bonds is 5. The first kappa shape index (κ1) is 19.2. The Kier molecular flexibility index (Phi) is 5.06. The van der Waals surface area contributed by atoms with Gasteiger partial charge in [-0.05, 0) is 66.4 Å². The largest absolute Gasteiger partial charge is 0.384 e. The Balaban J connectivity index is 1.44. The summed E-state index contributed by atoms with van der Waals surface area (Å²) in [5, 5.41) is 1.14. The first-order chi connectivity index (χ1) is 15.2. The molecule has 31 heavy (non-hydrogen) atoms. The van der Waals surface area contributed by atoms with Crippen LogP contribution in [0.5, 0.6) is 0 Å². The van der Waals surface area contributed by atoms with Crippen LogP contribution in [0.4, 0.5) is 11.5 Å². The molecule has 3 aromatic carbocycles. The standard InChI is InChI=1S/C25H21N5S/c1-17-5-9-22(10-6-17)31-29-21-4-2-3-19(13-21)20-8-7-18-11-12-30(23(18)14-20)25-15-24(26)27-16-28-25/h2-16,29H,1H3,(H2,26,27,28). The van der Waals surface area contributed by atoms with Gasteiger partial charge in [0.1, 0.15) is 18.0 Å². The van der Waals surface area contributed by atoms with Gasteiger partial charge in [-0.1, -0.05) is 42.0 Å². The molecule has 0 spiro atoms. The molecule has 0 aliphatic carbocycles. The smallest absolute Gasteiger partial charge is 0.142 e. The summed E-state index contributed by atoms with van der Waals surface area (Å²) >= 11 is 1.61. The number of aromatic nitrogens is 3. The van der Waals surface area contributed by atoms with Crippen LogP contribution in [0, 0.1) is 6.92 Å². The van der Waals surface area contributed by atoms with Crippen LogP contribution in [0.2, 0.25) is 0 Å². The Morgan fingerprint density at radius 1 is 0.871 bits per heavy atom. The summed E-state index contributed by atoms with van der Waals surface area (Å²) in [4.78, 5) is 9.54. The lowest BCUT2D eigenvalue weighted by Crippen LogP contribution is -1.99. The van der Waals surface area contributed by atoms with Gasteiger partial charge in [0.05, 0.1) is 5.52 Å². The minimum Gasteiger partial charge on any atom is -0.384 e. The van der Waals surface area contributed by atoms with E-state index in [0.29, 0.717) is 5.82 Å². The normalized spacial score (nSPS) is 11.0. The lowest BCUT2D eigenvalue weighted by Gasteiger charge is -2.10. The summed E-state index contributed by atoms with van der Waals surface area (Å²) in [5.41, 5.74) is 11.5. The average Bonchev–Trinajstić information content (AvgIpc) is 3.22. The maximum absolute atomic E-state index is 5.85. The first-order valence-electron chi connectivity index (χ1n) is 9.95. The van der Waals surface area contributed by atoms with Crippen molar-refractivity contribution < 1.29 is 0 Å². The number of anilines is 2. The molecule has 0 radical (unpaired) electrons. The molecule has 0 bridgehead atoms. The molecule has 0 amide bonds. The average molecular weight is 424 g/mol. The van der Waals surface area contributed by atoms with Crippen LogP contribution < -0.4 is 10.5 Å². The predicted octanol–water partition coefficient (Wildman–Crippen LogP) is 6.10. The highest BCUT2D eigenvalue weighted by molar-refractivity contribution is 8.00. The molecule has 5 aromatic rings. The topological polar surface area (TPSA) is 68.8 Å². The van der Waals surface area contributed by atoms with Crippen LogP contribution in [-0.4, -0.2) is 14.5 Å². The van der Waals surface area contributed by atoms with Crippen molar-refractivity contribution in [3.63, 3.8) is 0 Å². The highest BCUT2D eigenvalue weighted by atomic mass is 32.2. The van der Waals surface area contributed by atoms with E-state index in [1.165, 1.54) is 16.8 Å². The minimum absolute atomic E-state index is 0.452. The van der Waals surface area contributed by atoms with Crippen molar-refractivity contribution in [2.24, 2.45) is 0 Å². The number of nitrogens with zero attached hydrogens (tertiary/aromatic N) is 3. The third-order valence-electron chi connectivity index (χ3n) is 5.12. The fourth-order valence-corrected chi connectivity index (χ4v) is 4.12. The maximum Gasteiger partial charge on any atom is 0.142 e. The summed E-state index contributed by atoms with van der Waals surface area (Å²) in [7, 11) is 0. The van der Waals surface area contributed by atoms with E-state index in [9.17, 15) is 0 Å². The van der Waals surface area contributed by atoms with Crippen LogP contribution in [-0.2, 0) is 0 Å². The van der Waals surface area contributed by atoms with Crippen molar-refractivity contribution >= 4 is 34.4 Å². The molecule has 0 saturated heterocycles. The first-order valence-corrected chi connectivity index (χ1v) is 10.8. The summed E-state index contributed by atoms with van der Waals surface area (Å²) in [6.07, 6.45) is 3.49. The van der Waals surface area contributed by atoms with Gasteiger partial charge in [-0.15, -0.1) is 0 Å². The fraction of sp³-hybridized carbons (Fsp3) is 0.0400. The highest BCUT2D eigenvalue weighted by Gasteiger charge is 2.08. The summed E-state index contributed by atoms with van der Waals surface area (Å²) < 4.78 is 5.48. The zero-order chi connectivity index (χ0) is 21.2. The number of aryl methyl sites for hydroxylation is 1. The molecule has 5 nitrogen and oxygen atoms in total. The Bertz CT molecular complexity index is 1360. The van der Waals surface area contributed by atoms with Crippen molar-refractivity contribution in [1.29, 1.82) is 0 Å². The van der Waals surface area contributed by atoms with Gasteiger partial charge in [0.15, 0.2) is 0 Å². The van der Waals surface area contributed by atoms with E-state index in [1.54, 1.807) is 18.0 Å². The van der Waals surface area contributed by atoms with E-state index in [1.807, 2.05) is 10.8 Å². The molecule has 6 heteroatoms. The van der Waals surface area contributed by atoms with E-state index >= 15 is 0 Å². The van der Waals surface area contributed by atoms with Crippen molar-refractivity contribution in [2.75, 3.05) is 10.5 Å². The number of hydrogen-bond donors (Lipinski definition) is 2. The number of benzene rings is 3. The molecule has 2 aromatic heterocycles. The Labute approximate surface area is 185 Å². The second-order valence-electron chi connectivity index (χ2n) is 7.36. The van der Waals surface area contributed by atoms with Gasteiger partial charge in [-0.25, -0.2) is 9.97 Å².